The highest BCUT2D eigenvalue weighted by Gasteiger charge is 2.01. The Morgan fingerprint density at radius 3 is 2.96 bits per heavy atom. The number of hydrogen-bond acceptors (Lipinski definition) is 4. The molecule has 0 aromatic carbocycles. The molecule has 7 nitrogen and oxygen atoms in total. The Bertz CT molecular complexity index is 611. The molecule has 0 spiro atoms. The first-order valence-electron chi connectivity index (χ1n) is 8.36. The maximum atomic E-state index is 5.34. The van der Waals surface area contributed by atoms with E-state index in [2.05, 4.69) is 32.5 Å². The van der Waals surface area contributed by atoms with Gasteiger partial charge in [0.1, 0.15) is 12.1 Å². The zero-order chi connectivity index (χ0) is 17.0. The SMILES string of the molecule is CCNC(=NCc1ccnc(-n2ccnc2)c1)NCCCOCC. The van der Waals surface area contributed by atoms with Gasteiger partial charge in [-0.05, 0) is 38.0 Å². The highest BCUT2D eigenvalue weighted by atomic mass is 16.5. The predicted octanol–water partition coefficient (Wildman–Crippen LogP) is 1.75. The topological polar surface area (TPSA) is 76.4 Å². The second kappa shape index (κ2) is 10.4. The van der Waals surface area contributed by atoms with Crippen molar-refractivity contribution in [1.82, 2.24) is 25.2 Å². The highest BCUT2D eigenvalue weighted by Crippen LogP contribution is 2.07. The highest BCUT2D eigenvalue weighted by molar-refractivity contribution is 5.79. The molecule has 0 radical (unpaired) electrons. The summed E-state index contributed by atoms with van der Waals surface area (Å²) in [5.74, 6) is 1.66. The van der Waals surface area contributed by atoms with Crippen LogP contribution in [0.4, 0.5) is 0 Å². The lowest BCUT2D eigenvalue weighted by atomic mass is 10.2. The van der Waals surface area contributed by atoms with E-state index in [4.69, 9.17) is 4.74 Å². The molecule has 0 fully saturated rings. The average Bonchev–Trinajstić information content (AvgIpc) is 3.14. The van der Waals surface area contributed by atoms with E-state index in [0.717, 1.165) is 50.1 Å². The summed E-state index contributed by atoms with van der Waals surface area (Å²) in [6.07, 6.45) is 8.10. The van der Waals surface area contributed by atoms with Crippen molar-refractivity contribution in [3.8, 4) is 5.82 Å². The Morgan fingerprint density at radius 2 is 2.21 bits per heavy atom. The lowest BCUT2D eigenvalue weighted by Crippen LogP contribution is -2.38. The molecule has 2 aromatic rings. The Hall–Kier alpha value is -2.41. The fourth-order valence-corrected chi connectivity index (χ4v) is 2.13. The minimum atomic E-state index is 0.588. The summed E-state index contributed by atoms with van der Waals surface area (Å²) in [5, 5.41) is 6.57. The first kappa shape index (κ1) is 17.9. The van der Waals surface area contributed by atoms with Crippen molar-refractivity contribution in [2.75, 3.05) is 26.3 Å². The van der Waals surface area contributed by atoms with E-state index < -0.39 is 0 Å². The third-order valence-electron chi connectivity index (χ3n) is 3.30. The van der Waals surface area contributed by atoms with Crippen LogP contribution in [0.2, 0.25) is 0 Å². The van der Waals surface area contributed by atoms with Gasteiger partial charge >= 0.3 is 0 Å². The minimum Gasteiger partial charge on any atom is -0.382 e. The maximum Gasteiger partial charge on any atom is 0.191 e. The minimum absolute atomic E-state index is 0.588. The number of aliphatic imine (C=N–C) groups is 1. The zero-order valence-electron chi connectivity index (χ0n) is 14.4. The molecule has 130 valence electrons. The summed E-state index contributed by atoms with van der Waals surface area (Å²) in [4.78, 5) is 13.0. The van der Waals surface area contributed by atoms with Crippen molar-refractivity contribution in [2.24, 2.45) is 4.99 Å². The average molecular weight is 330 g/mol. The fraction of sp³-hybridized carbons (Fsp3) is 0.471. The summed E-state index contributed by atoms with van der Waals surface area (Å²) in [5.41, 5.74) is 1.10. The zero-order valence-corrected chi connectivity index (χ0v) is 14.4. The fourth-order valence-electron chi connectivity index (χ4n) is 2.13. The van der Waals surface area contributed by atoms with Crippen LogP contribution >= 0.6 is 0 Å². The van der Waals surface area contributed by atoms with Crippen molar-refractivity contribution in [2.45, 2.75) is 26.8 Å². The van der Waals surface area contributed by atoms with Gasteiger partial charge in [-0.3, -0.25) is 4.57 Å². The molecule has 0 aliphatic rings. The molecule has 2 aromatic heterocycles. The van der Waals surface area contributed by atoms with Gasteiger partial charge in [-0.2, -0.15) is 0 Å². The summed E-state index contributed by atoms with van der Waals surface area (Å²) in [6, 6.07) is 3.99. The quantitative estimate of drug-likeness (QED) is 0.416. The van der Waals surface area contributed by atoms with E-state index in [1.54, 1.807) is 18.7 Å². The molecule has 2 heterocycles. The van der Waals surface area contributed by atoms with Crippen LogP contribution in [0.3, 0.4) is 0 Å². The van der Waals surface area contributed by atoms with Gasteiger partial charge in [0, 0.05) is 44.9 Å². The second-order valence-corrected chi connectivity index (χ2v) is 5.16. The molecule has 0 aliphatic heterocycles. The van der Waals surface area contributed by atoms with Gasteiger partial charge in [-0.15, -0.1) is 0 Å². The van der Waals surface area contributed by atoms with Crippen molar-refractivity contribution < 1.29 is 4.74 Å². The number of ether oxygens (including phenoxy) is 1. The Labute approximate surface area is 143 Å². The predicted molar refractivity (Wildman–Crippen MR) is 95.3 cm³/mol. The molecule has 2 N–H and O–H groups in total. The number of rotatable bonds is 9. The van der Waals surface area contributed by atoms with Crippen molar-refractivity contribution >= 4 is 5.96 Å². The van der Waals surface area contributed by atoms with Crippen molar-refractivity contribution in [3.05, 3.63) is 42.6 Å². The molecule has 0 unspecified atom stereocenters. The summed E-state index contributed by atoms with van der Waals surface area (Å²) in [7, 11) is 0. The largest absolute Gasteiger partial charge is 0.382 e. The Kier molecular flexibility index (Phi) is 7.76. The van der Waals surface area contributed by atoms with E-state index in [1.165, 1.54) is 0 Å². The third-order valence-corrected chi connectivity index (χ3v) is 3.30. The number of hydrogen-bond donors (Lipinski definition) is 2. The van der Waals surface area contributed by atoms with Crippen LogP contribution in [-0.4, -0.2) is 46.8 Å². The van der Waals surface area contributed by atoms with E-state index in [-0.39, 0.29) is 0 Å². The van der Waals surface area contributed by atoms with Crippen molar-refractivity contribution in [1.29, 1.82) is 0 Å². The number of nitrogens with one attached hydrogen (secondary N) is 2. The molecular weight excluding hydrogens is 304 g/mol. The summed E-state index contributed by atoms with van der Waals surface area (Å²) in [6.45, 7) is 7.84. The molecule has 0 atom stereocenters. The van der Waals surface area contributed by atoms with Crippen LogP contribution in [0.15, 0.2) is 42.0 Å². The summed E-state index contributed by atoms with van der Waals surface area (Å²) < 4.78 is 7.22. The number of imidazole rings is 1. The van der Waals surface area contributed by atoms with Crippen LogP contribution in [0.1, 0.15) is 25.8 Å². The second-order valence-electron chi connectivity index (χ2n) is 5.16. The number of nitrogens with zero attached hydrogens (tertiary/aromatic N) is 4. The van der Waals surface area contributed by atoms with Crippen LogP contribution < -0.4 is 10.6 Å². The molecule has 0 amide bonds. The first-order valence-corrected chi connectivity index (χ1v) is 8.36. The molecule has 0 saturated carbocycles. The Balaban J connectivity index is 1.91. The van der Waals surface area contributed by atoms with Crippen LogP contribution in [0, 0.1) is 0 Å². The van der Waals surface area contributed by atoms with Crippen LogP contribution in [0.5, 0.6) is 0 Å². The number of guanidine groups is 1. The molecule has 0 saturated heterocycles. The summed E-state index contributed by atoms with van der Waals surface area (Å²) >= 11 is 0. The van der Waals surface area contributed by atoms with Gasteiger partial charge in [0.15, 0.2) is 5.96 Å². The first-order chi connectivity index (χ1) is 11.8. The van der Waals surface area contributed by atoms with Gasteiger partial charge in [0.2, 0.25) is 0 Å². The number of pyridine rings is 1. The Morgan fingerprint density at radius 1 is 1.29 bits per heavy atom. The lowest BCUT2D eigenvalue weighted by Gasteiger charge is -2.11. The molecule has 2 rings (SSSR count). The maximum absolute atomic E-state index is 5.34. The van der Waals surface area contributed by atoms with E-state index in [9.17, 15) is 0 Å². The third kappa shape index (κ3) is 6.00. The number of aromatic nitrogens is 3. The standard InChI is InChI=1S/C17H26N6O/c1-3-19-17(21-7-5-11-24-4-2)22-13-15-6-8-20-16(12-15)23-10-9-18-14-23/h6,8-10,12,14H,3-5,7,11,13H2,1-2H3,(H2,19,21,22). The van der Waals surface area contributed by atoms with Crippen LogP contribution in [-0.2, 0) is 11.3 Å². The van der Waals surface area contributed by atoms with Crippen LogP contribution in [0.25, 0.3) is 5.82 Å². The molecular formula is C17H26N6O. The molecule has 7 heteroatoms. The molecule has 24 heavy (non-hydrogen) atoms. The van der Waals surface area contributed by atoms with Gasteiger partial charge in [0.25, 0.3) is 0 Å². The smallest absolute Gasteiger partial charge is 0.191 e. The van der Waals surface area contributed by atoms with E-state index in [1.807, 2.05) is 29.8 Å². The monoisotopic (exact) mass is 330 g/mol. The molecule has 0 bridgehead atoms. The van der Waals surface area contributed by atoms with Gasteiger partial charge in [-0.1, -0.05) is 0 Å². The van der Waals surface area contributed by atoms with Gasteiger partial charge in [-0.25, -0.2) is 15.0 Å². The van der Waals surface area contributed by atoms with E-state index >= 15 is 0 Å². The van der Waals surface area contributed by atoms with Gasteiger partial charge < -0.3 is 15.4 Å². The lowest BCUT2D eigenvalue weighted by molar-refractivity contribution is 0.145. The van der Waals surface area contributed by atoms with E-state index in [0.29, 0.717) is 6.54 Å². The molecule has 0 aliphatic carbocycles. The van der Waals surface area contributed by atoms with Crippen molar-refractivity contribution in [3.63, 3.8) is 0 Å². The normalized spacial score (nSPS) is 11.5. The van der Waals surface area contributed by atoms with Gasteiger partial charge in [0.05, 0.1) is 6.54 Å².